The van der Waals surface area contributed by atoms with Crippen LogP contribution in [-0.4, -0.2) is 0 Å². The lowest BCUT2D eigenvalue weighted by Gasteiger charge is -2.16. The minimum absolute atomic E-state index is 0.225. The van der Waals surface area contributed by atoms with Gasteiger partial charge < -0.3 is 0 Å². The van der Waals surface area contributed by atoms with Crippen LogP contribution < -0.4 is 0 Å². The largest absolute Gasteiger partial charge is 0.0617 e. The van der Waals surface area contributed by atoms with Crippen LogP contribution in [0.25, 0.3) is 0 Å². The maximum Gasteiger partial charge on any atom is 0.0347 e. The second-order valence-electron chi connectivity index (χ2n) is 3.23. The number of hydrogen-bond donors (Lipinski definition) is 0. The first-order valence-electron chi connectivity index (χ1n) is 8.24. The molecule has 0 spiro atoms. The smallest absolute Gasteiger partial charge is 0.0347 e. The lowest BCUT2D eigenvalue weighted by Crippen LogP contribution is -1.98. The van der Waals surface area contributed by atoms with Crippen molar-refractivity contribution in [1.29, 1.82) is 0 Å². The summed E-state index contributed by atoms with van der Waals surface area (Å²) in [7, 11) is 0. The highest BCUT2D eigenvalue weighted by Gasteiger charge is 2.08. The van der Waals surface area contributed by atoms with Gasteiger partial charge in [-0.25, -0.2) is 0 Å². The fourth-order valence-corrected chi connectivity index (χ4v) is 1.45. The Hall–Kier alpha value is -0.780. The minimum Gasteiger partial charge on any atom is -0.0617 e. The maximum absolute atomic E-state index is 8.15. The Morgan fingerprint density at radius 1 is 1.15 bits per heavy atom. The summed E-state index contributed by atoms with van der Waals surface area (Å²) in [6.07, 6.45) is 0. The molecule has 0 aliphatic heterocycles. The minimum atomic E-state index is -2.55. The van der Waals surface area contributed by atoms with Gasteiger partial charge in [-0.15, -0.1) is 0 Å². The van der Waals surface area contributed by atoms with E-state index in [1.165, 1.54) is 32.0 Å². The lowest BCUT2D eigenvalue weighted by molar-refractivity contribution is 0.817. The maximum atomic E-state index is 8.15. The molecule has 0 fully saturated rings. The van der Waals surface area contributed by atoms with Crippen LogP contribution in [-0.2, 0) is 0 Å². The van der Waals surface area contributed by atoms with E-state index in [9.17, 15) is 0 Å². The van der Waals surface area contributed by atoms with Gasteiger partial charge in [0.2, 0.25) is 0 Å². The monoisotopic (exact) mass is 184 g/mol. The van der Waals surface area contributed by atoms with Gasteiger partial charge >= 0.3 is 0 Å². The Morgan fingerprint density at radius 3 is 2.00 bits per heavy atom. The topological polar surface area (TPSA) is 0 Å². The van der Waals surface area contributed by atoms with Crippen LogP contribution in [0.1, 0.15) is 67.0 Å². The van der Waals surface area contributed by atoms with Gasteiger partial charge in [-0.2, -0.15) is 0 Å². The molecule has 2 atom stereocenters. The van der Waals surface area contributed by atoms with E-state index >= 15 is 0 Å². The van der Waals surface area contributed by atoms with Gasteiger partial charge in [-0.3, -0.25) is 0 Å². The van der Waals surface area contributed by atoms with E-state index in [1.807, 2.05) is 0 Å². The van der Waals surface area contributed by atoms with E-state index in [1.54, 1.807) is 6.92 Å². The fourth-order valence-electron chi connectivity index (χ4n) is 1.45. The van der Waals surface area contributed by atoms with Crippen molar-refractivity contribution in [1.82, 2.24) is 0 Å². The van der Waals surface area contributed by atoms with Crippen LogP contribution >= 0.6 is 0 Å². The van der Waals surface area contributed by atoms with Crippen LogP contribution in [0.3, 0.4) is 0 Å². The van der Waals surface area contributed by atoms with E-state index in [2.05, 4.69) is 0 Å². The van der Waals surface area contributed by atoms with Crippen LogP contribution in [0.2, 0.25) is 0 Å². The predicted molar refractivity (Wildman–Crippen MR) is 59.4 cm³/mol. The first-order chi connectivity index (χ1) is 9.14. The molecule has 1 aromatic carbocycles. The normalized spacial score (nSPS) is 31.3. The molecule has 1 aromatic rings. The highest BCUT2D eigenvalue weighted by Crippen LogP contribution is 2.26. The molecule has 0 amide bonds. The zero-order chi connectivity index (χ0) is 16.9. The van der Waals surface area contributed by atoms with Crippen molar-refractivity contribution in [2.24, 2.45) is 0 Å². The fraction of sp³-hybridized carbons (Fsp3) is 0.538. The summed E-state index contributed by atoms with van der Waals surface area (Å²) in [5.41, 5.74) is 0.824. The summed E-state index contributed by atoms with van der Waals surface area (Å²) in [5.74, 6) is -3.73. The number of rotatable bonds is 2. The van der Waals surface area contributed by atoms with E-state index in [0.29, 0.717) is 5.56 Å². The van der Waals surface area contributed by atoms with E-state index in [-0.39, 0.29) is 11.1 Å². The molecule has 0 heterocycles. The molecular weight excluding hydrogens is 156 g/mol. The van der Waals surface area contributed by atoms with Crippen molar-refractivity contribution >= 4 is 0 Å². The lowest BCUT2D eigenvalue weighted by atomic mass is 9.90. The Morgan fingerprint density at radius 2 is 1.62 bits per heavy atom. The molecule has 0 N–H and O–H groups in total. The van der Waals surface area contributed by atoms with Gasteiger partial charge in [0.15, 0.2) is 0 Å². The molecule has 72 valence electrons. The summed E-state index contributed by atoms with van der Waals surface area (Å²) in [6.45, 7) is -0.962. The van der Waals surface area contributed by atoms with Crippen molar-refractivity contribution < 1.29 is 11.0 Å². The van der Waals surface area contributed by atoms with Gasteiger partial charge in [-0.1, -0.05) is 45.8 Å². The second-order valence-corrected chi connectivity index (χ2v) is 3.23. The van der Waals surface area contributed by atoms with Crippen LogP contribution in [0.15, 0.2) is 18.2 Å². The van der Waals surface area contributed by atoms with Crippen molar-refractivity contribution in [2.45, 2.75) is 46.3 Å². The first-order valence-corrected chi connectivity index (χ1v) is 4.24. The standard InChI is InChI=1S/C13H20/c1-9(2)12-7-6-8-13(10(3)4)11(12)5/h6-10H,1-5H3/i1D3,3D3,9D,10D. The zero-order valence-corrected chi connectivity index (χ0v) is 8.23. The van der Waals surface area contributed by atoms with Gasteiger partial charge in [0, 0.05) is 11.0 Å². The molecule has 13 heavy (non-hydrogen) atoms. The average Bonchev–Trinajstić information content (AvgIpc) is 2.25. The summed E-state index contributed by atoms with van der Waals surface area (Å²) in [6, 6.07) is 4.52. The molecule has 0 aliphatic carbocycles. The Bertz CT molecular complexity index is 478. The molecule has 0 aromatic heterocycles. The third-order valence-corrected chi connectivity index (χ3v) is 2.14. The zero-order valence-electron chi connectivity index (χ0n) is 16.2. The van der Waals surface area contributed by atoms with Crippen molar-refractivity contribution in [3.8, 4) is 0 Å². The molecule has 2 unspecified atom stereocenters. The van der Waals surface area contributed by atoms with E-state index < -0.39 is 25.5 Å². The quantitative estimate of drug-likeness (QED) is 0.645. The summed E-state index contributed by atoms with van der Waals surface area (Å²) in [4.78, 5) is 0. The molecule has 0 heteroatoms. The van der Waals surface area contributed by atoms with Gasteiger partial charge in [-0.05, 0) is 35.4 Å². The predicted octanol–water partition coefficient (Wildman–Crippen LogP) is 4.24. The molecule has 0 aliphatic rings. The van der Waals surface area contributed by atoms with Gasteiger partial charge in [0.05, 0.1) is 0 Å². The Kier molecular flexibility index (Phi) is 1.14. The second kappa shape index (κ2) is 3.95. The highest BCUT2D eigenvalue weighted by atomic mass is 14.1. The molecule has 0 radical (unpaired) electrons. The SMILES string of the molecule is [2H]C([2H])([2H])C([2H])(C)c1cccc(C([2H])(C)C([2H])([2H])[2H])c1C. The Balaban J connectivity index is 3.56. The van der Waals surface area contributed by atoms with Crippen molar-refractivity contribution in [3.63, 3.8) is 0 Å². The molecule has 0 saturated heterocycles. The number of benzene rings is 1. The first kappa shape index (κ1) is 3.76. The molecule has 0 bridgehead atoms. The molecule has 0 nitrogen and oxygen atoms in total. The van der Waals surface area contributed by atoms with Crippen molar-refractivity contribution in [2.75, 3.05) is 0 Å². The van der Waals surface area contributed by atoms with Gasteiger partial charge in [0.1, 0.15) is 0 Å². The summed E-state index contributed by atoms with van der Waals surface area (Å²) >= 11 is 0. The van der Waals surface area contributed by atoms with Crippen LogP contribution in [0, 0.1) is 6.92 Å². The molecular formula is C13H20. The van der Waals surface area contributed by atoms with Crippen LogP contribution in [0.5, 0.6) is 0 Å². The van der Waals surface area contributed by atoms with Crippen LogP contribution in [0.4, 0.5) is 0 Å². The Labute approximate surface area is 93.2 Å². The third-order valence-electron chi connectivity index (χ3n) is 2.14. The highest BCUT2D eigenvalue weighted by molar-refractivity contribution is 5.37. The van der Waals surface area contributed by atoms with E-state index in [0.717, 1.165) is 0 Å². The summed E-state index contributed by atoms with van der Waals surface area (Å²) in [5, 5.41) is 0. The van der Waals surface area contributed by atoms with E-state index in [4.69, 9.17) is 11.0 Å². The number of hydrogen-bond acceptors (Lipinski definition) is 0. The molecule has 1 rings (SSSR count). The third kappa shape index (κ3) is 2.12. The summed E-state index contributed by atoms with van der Waals surface area (Å²) < 4.78 is 61.3. The average molecular weight is 184 g/mol. The van der Waals surface area contributed by atoms with Gasteiger partial charge in [0.25, 0.3) is 0 Å². The van der Waals surface area contributed by atoms with Crippen molar-refractivity contribution in [3.05, 3.63) is 34.9 Å². The molecule has 0 saturated carbocycles.